The molecule has 0 bridgehead atoms. The van der Waals surface area contributed by atoms with Crippen molar-refractivity contribution in [1.82, 2.24) is 15.5 Å². The molecule has 0 saturated carbocycles. The summed E-state index contributed by atoms with van der Waals surface area (Å²) in [4.78, 5) is 14.5. The Labute approximate surface area is 139 Å². The summed E-state index contributed by atoms with van der Waals surface area (Å²) in [5.41, 5.74) is 1.94. The molecule has 1 saturated heterocycles. The van der Waals surface area contributed by atoms with Crippen molar-refractivity contribution in [3.8, 4) is 0 Å². The fourth-order valence-electron chi connectivity index (χ4n) is 2.88. The Bertz CT molecular complexity index is 493. The Kier molecular flexibility index (Phi) is 6.57. The Hall–Kier alpha value is -1.43. The molecule has 1 amide bonds. The van der Waals surface area contributed by atoms with E-state index >= 15 is 0 Å². The highest BCUT2D eigenvalue weighted by molar-refractivity contribution is 5.94. The number of nitrogens with one attached hydrogen (secondary N) is 2. The van der Waals surface area contributed by atoms with E-state index in [1.807, 2.05) is 38.2 Å². The number of amides is 1. The molecule has 2 rings (SSSR count). The molecule has 1 heterocycles. The van der Waals surface area contributed by atoms with Crippen LogP contribution in [0.3, 0.4) is 0 Å². The van der Waals surface area contributed by atoms with Gasteiger partial charge in [-0.15, -0.1) is 0 Å². The topological polar surface area (TPSA) is 53.6 Å². The normalized spacial score (nSPS) is 23.5. The number of likely N-dealkylation sites (N-methyl/N-ethyl adjacent to an activating group) is 1. The molecule has 1 aromatic rings. The SMILES string of the molecule is CNC(C)CNC(=O)c1ccc(CN2CC(C)OC(C)C2)cc1. The van der Waals surface area contributed by atoms with Gasteiger partial charge in [-0.05, 0) is 45.5 Å². The number of nitrogens with zero attached hydrogens (tertiary/aromatic N) is 1. The molecule has 23 heavy (non-hydrogen) atoms. The van der Waals surface area contributed by atoms with Gasteiger partial charge in [-0.3, -0.25) is 9.69 Å². The third kappa shape index (κ3) is 5.61. The Balaban J connectivity index is 1.87. The first kappa shape index (κ1) is 17.9. The van der Waals surface area contributed by atoms with Crippen LogP contribution in [0.4, 0.5) is 0 Å². The second kappa shape index (κ2) is 8.43. The molecular formula is C18H29N3O2. The molecule has 3 unspecified atom stereocenters. The van der Waals surface area contributed by atoms with Crippen molar-refractivity contribution < 1.29 is 9.53 Å². The van der Waals surface area contributed by atoms with E-state index in [-0.39, 0.29) is 24.2 Å². The zero-order valence-corrected chi connectivity index (χ0v) is 14.6. The van der Waals surface area contributed by atoms with Crippen molar-refractivity contribution in [1.29, 1.82) is 0 Å². The first-order valence-corrected chi connectivity index (χ1v) is 8.40. The third-order valence-corrected chi connectivity index (χ3v) is 4.18. The van der Waals surface area contributed by atoms with E-state index in [0.717, 1.165) is 19.6 Å². The molecular weight excluding hydrogens is 290 g/mol. The molecule has 1 aliphatic rings. The number of rotatable bonds is 6. The van der Waals surface area contributed by atoms with Gasteiger partial charge < -0.3 is 15.4 Å². The van der Waals surface area contributed by atoms with Crippen LogP contribution in [-0.4, -0.2) is 55.7 Å². The van der Waals surface area contributed by atoms with E-state index < -0.39 is 0 Å². The van der Waals surface area contributed by atoms with Crippen LogP contribution < -0.4 is 10.6 Å². The summed E-state index contributed by atoms with van der Waals surface area (Å²) in [6.07, 6.45) is 0.552. The van der Waals surface area contributed by atoms with Crippen molar-refractivity contribution in [3.05, 3.63) is 35.4 Å². The van der Waals surface area contributed by atoms with Crippen LogP contribution in [0.15, 0.2) is 24.3 Å². The lowest BCUT2D eigenvalue weighted by atomic mass is 10.1. The molecule has 1 fully saturated rings. The zero-order valence-electron chi connectivity index (χ0n) is 14.6. The number of ether oxygens (including phenoxy) is 1. The molecule has 0 radical (unpaired) electrons. The van der Waals surface area contributed by atoms with Gasteiger partial charge in [0.05, 0.1) is 12.2 Å². The van der Waals surface area contributed by atoms with Gasteiger partial charge in [0.15, 0.2) is 0 Å². The molecule has 3 atom stereocenters. The number of hydrogen-bond acceptors (Lipinski definition) is 4. The molecule has 5 nitrogen and oxygen atoms in total. The summed E-state index contributed by atoms with van der Waals surface area (Å²) < 4.78 is 5.76. The molecule has 2 N–H and O–H groups in total. The first-order chi connectivity index (χ1) is 11.0. The summed E-state index contributed by atoms with van der Waals surface area (Å²) >= 11 is 0. The maximum atomic E-state index is 12.1. The molecule has 0 aliphatic carbocycles. The van der Waals surface area contributed by atoms with Crippen LogP contribution in [-0.2, 0) is 11.3 Å². The van der Waals surface area contributed by atoms with Gasteiger partial charge in [0.2, 0.25) is 0 Å². The summed E-state index contributed by atoms with van der Waals surface area (Å²) in [5, 5.41) is 6.04. The molecule has 5 heteroatoms. The van der Waals surface area contributed by atoms with Crippen LogP contribution >= 0.6 is 0 Å². The van der Waals surface area contributed by atoms with Gasteiger partial charge in [-0.2, -0.15) is 0 Å². The van der Waals surface area contributed by atoms with Crippen LogP contribution in [0.5, 0.6) is 0 Å². The van der Waals surface area contributed by atoms with E-state index in [1.165, 1.54) is 5.56 Å². The average Bonchev–Trinajstić information content (AvgIpc) is 2.52. The quantitative estimate of drug-likeness (QED) is 0.837. The van der Waals surface area contributed by atoms with E-state index in [4.69, 9.17) is 4.74 Å². The van der Waals surface area contributed by atoms with E-state index in [2.05, 4.69) is 29.4 Å². The maximum Gasteiger partial charge on any atom is 0.251 e. The first-order valence-electron chi connectivity index (χ1n) is 8.40. The maximum absolute atomic E-state index is 12.1. The minimum Gasteiger partial charge on any atom is -0.373 e. The van der Waals surface area contributed by atoms with Gasteiger partial charge in [0.25, 0.3) is 5.91 Å². The summed E-state index contributed by atoms with van der Waals surface area (Å²) in [7, 11) is 1.89. The van der Waals surface area contributed by atoms with Crippen molar-refractivity contribution in [3.63, 3.8) is 0 Å². The molecule has 1 aliphatic heterocycles. The standard InChI is InChI=1S/C18H29N3O2/c1-13(19-4)9-20-18(22)17-7-5-16(6-8-17)12-21-10-14(2)23-15(3)11-21/h5-8,13-15,19H,9-12H2,1-4H3,(H,20,22). The fourth-order valence-corrected chi connectivity index (χ4v) is 2.88. The highest BCUT2D eigenvalue weighted by Crippen LogP contribution is 2.14. The lowest BCUT2D eigenvalue weighted by Crippen LogP contribution is -2.44. The Morgan fingerprint density at radius 3 is 2.43 bits per heavy atom. The van der Waals surface area contributed by atoms with Crippen molar-refractivity contribution in [2.45, 2.75) is 45.6 Å². The van der Waals surface area contributed by atoms with E-state index in [0.29, 0.717) is 12.1 Å². The van der Waals surface area contributed by atoms with Crippen molar-refractivity contribution >= 4 is 5.91 Å². The van der Waals surface area contributed by atoms with Gasteiger partial charge >= 0.3 is 0 Å². The largest absolute Gasteiger partial charge is 0.373 e. The number of carbonyl (C=O) groups excluding carboxylic acids is 1. The minimum absolute atomic E-state index is 0.0210. The van der Waals surface area contributed by atoms with E-state index in [9.17, 15) is 4.79 Å². The average molecular weight is 319 g/mol. The van der Waals surface area contributed by atoms with E-state index in [1.54, 1.807) is 0 Å². The van der Waals surface area contributed by atoms with Crippen LogP contribution in [0.1, 0.15) is 36.7 Å². The molecule has 128 valence electrons. The molecule has 0 spiro atoms. The Morgan fingerprint density at radius 2 is 1.87 bits per heavy atom. The monoisotopic (exact) mass is 319 g/mol. The third-order valence-electron chi connectivity index (χ3n) is 4.18. The van der Waals surface area contributed by atoms with Gasteiger partial charge in [-0.25, -0.2) is 0 Å². The number of hydrogen-bond donors (Lipinski definition) is 2. The van der Waals surface area contributed by atoms with Crippen LogP contribution in [0.2, 0.25) is 0 Å². The highest BCUT2D eigenvalue weighted by atomic mass is 16.5. The summed E-state index contributed by atoms with van der Waals surface area (Å²) in [6.45, 7) is 9.69. The predicted molar refractivity (Wildman–Crippen MR) is 92.6 cm³/mol. The smallest absolute Gasteiger partial charge is 0.251 e. The lowest BCUT2D eigenvalue weighted by molar-refractivity contribution is -0.0704. The number of benzene rings is 1. The van der Waals surface area contributed by atoms with Gasteiger partial charge in [0, 0.05) is 37.8 Å². The second-order valence-electron chi connectivity index (χ2n) is 6.55. The van der Waals surface area contributed by atoms with Crippen molar-refractivity contribution in [2.75, 3.05) is 26.7 Å². The van der Waals surface area contributed by atoms with Gasteiger partial charge in [-0.1, -0.05) is 12.1 Å². The summed E-state index contributed by atoms with van der Waals surface area (Å²) in [6, 6.07) is 8.16. The van der Waals surface area contributed by atoms with Gasteiger partial charge in [0.1, 0.15) is 0 Å². The van der Waals surface area contributed by atoms with Crippen LogP contribution in [0.25, 0.3) is 0 Å². The minimum atomic E-state index is -0.0210. The Morgan fingerprint density at radius 1 is 1.26 bits per heavy atom. The highest BCUT2D eigenvalue weighted by Gasteiger charge is 2.22. The molecule has 0 aromatic heterocycles. The second-order valence-corrected chi connectivity index (χ2v) is 6.55. The fraction of sp³-hybridized carbons (Fsp3) is 0.611. The molecule has 1 aromatic carbocycles. The summed E-state index contributed by atoms with van der Waals surface area (Å²) in [5.74, 6) is -0.0210. The predicted octanol–water partition coefficient (Wildman–Crippen LogP) is 1.63. The lowest BCUT2D eigenvalue weighted by Gasteiger charge is -2.35. The number of morpholine rings is 1. The van der Waals surface area contributed by atoms with Crippen LogP contribution in [0, 0.1) is 0 Å². The zero-order chi connectivity index (χ0) is 16.8. The van der Waals surface area contributed by atoms with Crippen molar-refractivity contribution in [2.24, 2.45) is 0 Å². The number of carbonyl (C=O) groups is 1.